The third kappa shape index (κ3) is 3.68. The van der Waals surface area contributed by atoms with Crippen LogP contribution in [0.15, 0.2) is 54.1 Å². The maximum atomic E-state index is 6.23. The van der Waals surface area contributed by atoms with E-state index in [0.29, 0.717) is 0 Å². The van der Waals surface area contributed by atoms with Crippen molar-refractivity contribution in [3.8, 4) is 0 Å². The minimum atomic E-state index is 0.814. The summed E-state index contributed by atoms with van der Waals surface area (Å²) in [6.07, 6.45) is 3.31. The van der Waals surface area contributed by atoms with E-state index in [1.165, 1.54) is 11.1 Å². The van der Waals surface area contributed by atoms with Crippen LogP contribution in [0.4, 0.5) is 0 Å². The Bertz CT molecular complexity index is 664. The lowest BCUT2D eigenvalue weighted by Crippen LogP contribution is -2.18. The highest BCUT2D eigenvalue weighted by Crippen LogP contribution is 2.25. The molecule has 2 aromatic carbocycles. The van der Waals surface area contributed by atoms with E-state index < -0.39 is 0 Å². The van der Waals surface area contributed by atoms with Crippen LogP contribution < -0.4 is 0 Å². The van der Waals surface area contributed by atoms with Gasteiger partial charge in [0.05, 0.1) is 0 Å². The molecule has 108 valence electrons. The molecule has 0 spiro atoms. The van der Waals surface area contributed by atoms with Gasteiger partial charge >= 0.3 is 0 Å². The number of rotatable bonds is 3. The molecule has 0 N–H and O–H groups in total. The van der Waals surface area contributed by atoms with Crippen LogP contribution in [0.3, 0.4) is 0 Å². The Kier molecular flexibility index (Phi) is 4.64. The minimum Gasteiger partial charge on any atom is -0.295 e. The monoisotopic (exact) mass is 317 g/mol. The van der Waals surface area contributed by atoms with Gasteiger partial charge in [-0.2, -0.15) is 0 Å². The smallest absolute Gasteiger partial charge is 0.0478 e. The van der Waals surface area contributed by atoms with Crippen LogP contribution in [0.25, 0.3) is 6.08 Å². The summed E-state index contributed by atoms with van der Waals surface area (Å²) in [6, 6.07) is 16.0. The summed E-state index contributed by atoms with van der Waals surface area (Å²) < 4.78 is 0. The van der Waals surface area contributed by atoms with Crippen molar-refractivity contribution in [1.82, 2.24) is 4.90 Å². The maximum Gasteiger partial charge on any atom is 0.0478 e. The van der Waals surface area contributed by atoms with Crippen LogP contribution in [0.1, 0.15) is 17.5 Å². The first-order chi connectivity index (χ1) is 10.2. The van der Waals surface area contributed by atoms with Crippen LogP contribution in [0.2, 0.25) is 10.0 Å². The second-order valence-corrected chi connectivity index (χ2v) is 6.19. The second-order valence-electron chi connectivity index (χ2n) is 5.38. The summed E-state index contributed by atoms with van der Waals surface area (Å²) in [5.74, 6) is 0. The van der Waals surface area contributed by atoms with Gasteiger partial charge in [0.15, 0.2) is 0 Å². The van der Waals surface area contributed by atoms with Gasteiger partial charge < -0.3 is 0 Å². The summed E-state index contributed by atoms with van der Waals surface area (Å²) in [6.45, 7) is 2.96. The molecule has 1 fully saturated rings. The lowest BCUT2D eigenvalue weighted by atomic mass is 10.1. The maximum absolute atomic E-state index is 6.23. The molecule has 0 aliphatic carbocycles. The summed E-state index contributed by atoms with van der Waals surface area (Å²) in [4.78, 5) is 2.42. The van der Waals surface area contributed by atoms with Gasteiger partial charge in [-0.25, -0.2) is 0 Å². The standard InChI is InChI=1S/C18H17Cl2N/c19-17-7-3-1-5-15(17)11-14-9-10-21(12-14)13-16-6-2-4-8-18(16)20/h1-8,11H,9-10,12-13H2/b14-11+. The van der Waals surface area contributed by atoms with E-state index in [0.717, 1.165) is 41.7 Å². The molecule has 0 radical (unpaired) electrons. The largest absolute Gasteiger partial charge is 0.295 e. The molecule has 1 nitrogen and oxygen atoms in total. The normalized spacial score (nSPS) is 17.5. The van der Waals surface area contributed by atoms with Gasteiger partial charge in [0.2, 0.25) is 0 Å². The van der Waals surface area contributed by atoms with E-state index >= 15 is 0 Å². The van der Waals surface area contributed by atoms with Crippen LogP contribution in [0, 0.1) is 0 Å². The molecular formula is C18H17Cl2N. The fourth-order valence-electron chi connectivity index (χ4n) is 2.68. The molecule has 1 heterocycles. The van der Waals surface area contributed by atoms with Gasteiger partial charge in [0, 0.05) is 29.7 Å². The van der Waals surface area contributed by atoms with E-state index in [9.17, 15) is 0 Å². The SMILES string of the molecule is Clc1ccccc1/C=C1\CCN(Cc2ccccc2Cl)C1. The van der Waals surface area contributed by atoms with Gasteiger partial charge in [-0.15, -0.1) is 0 Å². The molecule has 1 saturated heterocycles. The van der Waals surface area contributed by atoms with E-state index in [1.54, 1.807) is 0 Å². The second kappa shape index (κ2) is 6.65. The van der Waals surface area contributed by atoms with Crippen molar-refractivity contribution in [3.05, 3.63) is 75.3 Å². The molecule has 1 aliphatic heterocycles. The average Bonchev–Trinajstić information content (AvgIpc) is 2.91. The van der Waals surface area contributed by atoms with Crippen LogP contribution >= 0.6 is 23.2 Å². The van der Waals surface area contributed by atoms with Gasteiger partial charge in [-0.1, -0.05) is 71.2 Å². The first kappa shape index (κ1) is 14.6. The van der Waals surface area contributed by atoms with Gasteiger partial charge in [0.1, 0.15) is 0 Å². The highest BCUT2D eigenvalue weighted by atomic mass is 35.5. The molecule has 0 atom stereocenters. The first-order valence-electron chi connectivity index (χ1n) is 7.12. The minimum absolute atomic E-state index is 0.814. The predicted octanol–water partition coefficient (Wildman–Crippen LogP) is 5.28. The van der Waals surface area contributed by atoms with Crippen LogP contribution in [-0.4, -0.2) is 18.0 Å². The molecule has 3 heteroatoms. The number of nitrogens with zero attached hydrogens (tertiary/aromatic N) is 1. The number of hydrogen-bond donors (Lipinski definition) is 0. The van der Waals surface area contributed by atoms with Crippen molar-refractivity contribution >= 4 is 29.3 Å². The zero-order valence-electron chi connectivity index (χ0n) is 11.7. The lowest BCUT2D eigenvalue weighted by molar-refractivity contribution is 0.337. The zero-order chi connectivity index (χ0) is 14.7. The van der Waals surface area contributed by atoms with E-state index in [1.807, 2.05) is 36.4 Å². The average molecular weight is 318 g/mol. The Hall–Kier alpha value is -1.28. The molecule has 0 amide bonds. The van der Waals surface area contributed by atoms with Gasteiger partial charge in [-0.3, -0.25) is 4.90 Å². The first-order valence-corrected chi connectivity index (χ1v) is 7.88. The van der Waals surface area contributed by atoms with Crippen molar-refractivity contribution < 1.29 is 0 Å². The molecule has 1 aliphatic rings. The summed E-state index contributed by atoms with van der Waals surface area (Å²) >= 11 is 12.4. The molecule has 3 rings (SSSR count). The highest BCUT2D eigenvalue weighted by molar-refractivity contribution is 6.32. The molecule has 0 unspecified atom stereocenters. The van der Waals surface area contributed by atoms with Crippen molar-refractivity contribution in [2.45, 2.75) is 13.0 Å². The Morgan fingerprint density at radius 1 is 0.952 bits per heavy atom. The summed E-state index contributed by atoms with van der Waals surface area (Å²) in [5, 5.41) is 1.66. The zero-order valence-corrected chi connectivity index (χ0v) is 13.2. The third-order valence-electron chi connectivity index (χ3n) is 3.79. The topological polar surface area (TPSA) is 3.24 Å². The van der Waals surface area contributed by atoms with Crippen molar-refractivity contribution in [2.75, 3.05) is 13.1 Å². The lowest BCUT2D eigenvalue weighted by Gasteiger charge is -2.15. The van der Waals surface area contributed by atoms with Crippen molar-refractivity contribution in [3.63, 3.8) is 0 Å². The Morgan fingerprint density at radius 2 is 1.67 bits per heavy atom. The fourth-order valence-corrected chi connectivity index (χ4v) is 3.07. The highest BCUT2D eigenvalue weighted by Gasteiger charge is 2.17. The fraction of sp³-hybridized carbons (Fsp3) is 0.222. The summed E-state index contributed by atoms with van der Waals surface area (Å²) in [7, 11) is 0. The van der Waals surface area contributed by atoms with Crippen LogP contribution in [-0.2, 0) is 6.54 Å². The van der Waals surface area contributed by atoms with E-state index in [4.69, 9.17) is 23.2 Å². The Balaban J connectivity index is 1.69. The molecule has 21 heavy (non-hydrogen) atoms. The molecular weight excluding hydrogens is 301 g/mol. The third-order valence-corrected chi connectivity index (χ3v) is 4.51. The Morgan fingerprint density at radius 3 is 2.43 bits per heavy atom. The number of halogens is 2. The van der Waals surface area contributed by atoms with Crippen molar-refractivity contribution in [2.24, 2.45) is 0 Å². The van der Waals surface area contributed by atoms with E-state index in [-0.39, 0.29) is 0 Å². The predicted molar refractivity (Wildman–Crippen MR) is 90.8 cm³/mol. The molecule has 0 aromatic heterocycles. The summed E-state index contributed by atoms with van der Waals surface area (Å²) in [5.41, 5.74) is 3.72. The molecule has 0 saturated carbocycles. The quantitative estimate of drug-likeness (QED) is 0.744. The Labute approximate surface area is 135 Å². The molecule has 0 bridgehead atoms. The van der Waals surface area contributed by atoms with E-state index in [2.05, 4.69) is 23.1 Å². The number of benzene rings is 2. The van der Waals surface area contributed by atoms with Gasteiger partial charge in [0.25, 0.3) is 0 Å². The van der Waals surface area contributed by atoms with Crippen LogP contribution in [0.5, 0.6) is 0 Å². The molecule has 2 aromatic rings. The van der Waals surface area contributed by atoms with Gasteiger partial charge in [-0.05, 0) is 29.7 Å². The van der Waals surface area contributed by atoms with Crippen molar-refractivity contribution in [1.29, 1.82) is 0 Å². The number of hydrogen-bond acceptors (Lipinski definition) is 1. The number of likely N-dealkylation sites (tertiary alicyclic amines) is 1.